The van der Waals surface area contributed by atoms with Crippen molar-refractivity contribution in [1.29, 1.82) is 0 Å². The number of hydrogen-bond acceptors (Lipinski definition) is 3. The normalized spacial score (nSPS) is 31.7. The standard InChI is InChI=1S/C25H30N2O3/c1-6-18-20-17(16-9-7-8-10-19(16)26(20)5)11-14-27(18)21(28)25-13-12-24(4,23(25,2)3)15-30-22(25)29/h7-11,14,18H,6,12-13,15H2,1-5H3/t18-,24-,25-/m0/s1. The maximum Gasteiger partial charge on any atom is 0.322 e. The highest BCUT2D eigenvalue weighted by Gasteiger charge is 2.72. The molecule has 1 amide bonds. The third-order valence-corrected chi connectivity index (χ3v) is 8.73. The summed E-state index contributed by atoms with van der Waals surface area (Å²) >= 11 is 0. The Morgan fingerprint density at radius 2 is 1.93 bits per heavy atom. The molecule has 2 aromatic rings. The molecule has 1 aliphatic carbocycles. The Morgan fingerprint density at radius 1 is 1.20 bits per heavy atom. The third-order valence-electron chi connectivity index (χ3n) is 8.73. The number of carbonyl (C=O) groups is 2. The Morgan fingerprint density at radius 3 is 2.67 bits per heavy atom. The number of benzene rings is 1. The van der Waals surface area contributed by atoms with Crippen LogP contribution in [0.4, 0.5) is 0 Å². The minimum Gasteiger partial charge on any atom is -0.464 e. The summed E-state index contributed by atoms with van der Waals surface area (Å²) in [6.07, 6.45) is 6.08. The minimum absolute atomic E-state index is 0.110. The first-order valence-corrected chi connectivity index (χ1v) is 10.9. The molecule has 3 aliphatic rings. The Hall–Kier alpha value is -2.56. The fraction of sp³-hybridized carbons (Fsp3) is 0.520. The lowest BCUT2D eigenvalue weighted by atomic mass is 9.57. The number of aryl methyl sites for hydroxylation is 1. The summed E-state index contributed by atoms with van der Waals surface area (Å²) in [6.45, 7) is 8.81. The van der Waals surface area contributed by atoms with Gasteiger partial charge in [0.05, 0.1) is 12.6 Å². The smallest absolute Gasteiger partial charge is 0.322 e. The average molecular weight is 407 g/mol. The first-order valence-electron chi connectivity index (χ1n) is 10.9. The number of para-hydroxylation sites is 1. The maximum atomic E-state index is 14.2. The SMILES string of the molecule is CC[C@H]1c2c(c3ccccc3n2C)C=CN1C(=O)[C@@]12CC[C@@](C)(COC1=O)C2(C)C. The van der Waals surface area contributed by atoms with Crippen molar-refractivity contribution in [3.8, 4) is 0 Å². The zero-order chi connectivity index (χ0) is 21.5. The van der Waals surface area contributed by atoms with Gasteiger partial charge in [-0.05, 0) is 36.8 Å². The van der Waals surface area contributed by atoms with E-state index in [-0.39, 0.29) is 23.3 Å². The fourth-order valence-corrected chi connectivity index (χ4v) is 6.25. The molecule has 30 heavy (non-hydrogen) atoms. The number of carbonyl (C=O) groups excluding carboxylic acids is 2. The van der Waals surface area contributed by atoms with E-state index in [0.29, 0.717) is 13.0 Å². The highest BCUT2D eigenvalue weighted by Crippen LogP contribution is 2.66. The Bertz CT molecular complexity index is 1110. The van der Waals surface area contributed by atoms with Crippen LogP contribution >= 0.6 is 0 Å². The molecule has 0 spiro atoms. The molecule has 5 rings (SSSR count). The van der Waals surface area contributed by atoms with Crippen LogP contribution < -0.4 is 0 Å². The van der Waals surface area contributed by atoms with Crippen LogP contribution in [0.2, 0.25) is 0 Å². The van der Waals surface area contributed by atoms with E-state index in [2.05, 4.69) is 51.4 Å². The molecule has 5 nitrogen and oxygen atoms in total. The van der Waals surface area contributed by atoms with Gasteiger partial charge < -0.3 is 14.2 Å². The lowest BCUT2D eigenvalue weighted by molar-refractivity contribution is -0.193. The molecule has 5 heteroatoms. The summed E-state index contributed by atoms with van der Waals surface area (Å²) in [5, 5.41) is 1.20. The van der Waals surface area contributed by atoms with Gasteiger partial charge in [-0.25, -0.2) is 0 Å². The predicted molar refractivity (Wildman–Crippen MR) is 116 cm³/mol. The topological polar surface area (TPSA) is 51.5 Å². The average Bonchev–Trinajstić information content (AvgIpc) is 3.07. The molecule has 2 fully saturated rings. The van der Waals surface area contributed by atoms with E-state index in [1.165, 1.54) is 10.9 Å². The summed E-state index contributed by atoms with van der Waals surface area (Å²) in [5.74, 6) is -0.460. The van der Waals surface area contributed by atoms with Gasteiger partial charge in [-0.3, -0.25) is 9.59 Å². The number of rotatable bonds is 2. The van der Waals surface area contributed by atoms with Crippen LogP contribution in [-0.2, 0) is 21.4 Å². The summed E-state index contributed by atoms with van der Waals surface area (Å²) in [6, 6.07) is 8.23. The minimum atomic E-state index is -1.13. The van der Waals surface area contributed by atoms with Crippen molar-refractivity contribution in [3.05, 3.63) is 41.7 Å². The second-order valence-corrected chi connectivity index (χ2v) is 9.99. The molecule has 158 valence electrons. The monoisotopic (exact) mass is 406 g/mol. The first-order chi connectivity index (χ1) is 14.2. The summed E-state index contributed by atoms with van der Waals surface area (Å²) in [7, 11) is 2.06. The summed E-state index contributed by atoms with van der Waals surface area (Å²) in [5.41, 5.74) is 1.70. The number of hydrogen-bond donors (Lipinski definition) is 0. The van der Waals surface area contributed by atoms with Gasteiger partial charge in [-0.1, -0.05) is 45.9 Å². The Kier molecular flexibility index (Phi) is 3.88. The molecule has 3 heterocycles. The first kappa shape index (κ1) is 19.4. The third kappa shape index (κ3) is 2.03. The van der Waals surface area contributed by atoms with Crippen LogP contribution in [0.15, 0.2) is 30.5 Å². The molecule has 1 saturated carbocycles. The molecule has 0 unspecified atom stereocenters. The van der Waals surface area contributed by atoms with Crippen LogP contribution in [0.5, 0.6) is 0 Å². The summed E-state index contributed by atoms with van der Waals surface area (Å²) < 4.78 is 7.81. The number of esters is 1. The number of nitrogens with zero attached hydrogens (tertiary/aromatic N) is 2. The van der Waals surface area contributed by atoms with E-state index in [0.717, 1.165) is 24.1 Å². The number of cyclic esters (lactones) is 1. The van der Waals surface area contributed by atoms with E-state index < -0.39 is 10.8 Å². The van der Waals surface area contributed by atoms with E-state index in [1.54, 1.807) is 0 Å². The highest BCUT2D eigenvalue weighted by molar-refractivity contribution is 6.06. The number of aromatic nitrogens is 1. The van der Waals surface area contributed by atoms with Gasteiger partial charge in [0.15, 0.2) is 5.41 Å². The largest absolute Gasteiger partial charge is 0.464 e. The van der Waals surface area contributed by atoms with Gasteiger partial charge in [0.2, 0.25) is 5.91 Å². The second kappa shape index (κ2) is 5.99. The van der Waals surface area contributed by atoms with Crippen LogP contribution in [-0.4, -0.2) is 28.0 Å². The van der Waals surface area contributed by atoms with Crippen molar-refractivity contribution < 1.29 is 14.3 Å². The molecule has 0 N–H and O–H groups in total. The van der Waals surface area contributed by atoms with Crippen LogP contribution in [0.25, 0.3) is 17.0 Å². The van der Waals surface area contributed by atoms with Gasteiger partial charge >= 0.3 is 5.97 Å². The molecule has 2 aliphatic heterocycles. The van der Waals surface area contributed by atoms with Crippen molar-refractivity contribution in [3.63, 3.8) is 0 Å². The molecular weight excluding hydrogens is 376 g/mol. The maximum absolute atomic E-state index is 14.2. The Labute approximate surface area is 177 Å². The lowest BCUT2D eigenvalue weighted by Crippen LogP contribution is -2.61. The van der Waals surface area contributed by atoms with Crippen molar-refractivity contribution in [2.24, 2.45) is 23.3 Å². The molecule has 3 atom stereocenters. The van der Waals surface area contributed by atoms with Crippen LogP contribution in [0.1, 0.15) is 64.3 Å². The zero-order valence-corrected chi connectivity index (χ0v) is 18.5. The zero-order valence-electron chi connectivity index (χ0n) is 18.5. The molecule has 2 bridgehead atoms. The van der Waals surface area contributed by atoms with E-state index in [4.69, 9.17) is 4.74 Å². The summed E-state index contributed by atoms with van der Waals surface area (Å²) in [4.78, 5) is 29.2. The van der Waals surface area contributed by atoms with E-state index in [9.17, 15) is 9.59 Å². The lowest BCUT2D eigenvalue weighted by Gasteiger charge is -2.51. The van der Waals surface area contributed by atoms with Gasteiger partial charge in [0, 0.05) is 40.8 Å². The molecule has 1 aromatic carbocycles. The van der Waals surface area contributed by atoms with Gasteiger partial charge in [-0.2, -0.15) is 0 Å². The number of amides is 1. The van der Waals surface area contributed by atoms with Gasteiger partial charge in [-0.15, -0.1) is 0 Å². The highest BCUT2D eigenvalue weighted by atomic mass is 16.5. The van der Waals surface area contributed by atoms with Crippen molar-refractivity contribution >= 4 is 28.9 Å². The predicted octanol–water partition coefficient (Wildman–Crippen LogP) is 4.81. The molecule has 0 radical (unpaired) electrons. The van der Waals surface area contributed by atoms with Crippen molar-refractivity contribution in [2.45, 2.75) is 53.0 Å². The fourth-order valence-electron chi connectivity index (χ4n) is 6.25. The molecule has 1 saturated heterocycles. The van der Waals surface area contributed by atoms with E-state index in [1.807, 2.05) is 29.3 Å². The molecule has 1 aromatic heterocycles. The van der Waals surface area contributed by atoms with E-state index >= 15 is 0 Å². The second-order valence-electron chi connectivity index (χ2n) is 9.99. The quantitative estimate of drug-likeness (QED) is 0.531. The number of fused-ring (bicyclic) bond motifs is 5. The van der Waals surface area contributed by atoms with Crippen LogP contribution in [0, 0.1) is 16.2 Å². The van der Waals surface area contributed by atoms with Crippen molar-refractivity contribution in [2.75, 3.05) is 6.61 Å². The number of ether oxygens (including phenoxy) is 1. The van der Waals surface area contributed by atoms with Gasteiger partial charge in [0.25, 0.3) is 0 Å². The Balaban J connectivity index is 1.64. The van der Waals surface area contributed by atoms with Crippen molar-refractivity contribution in [1.82, 2.24) is 9.47 Å². The molecular formula is C25H30N2O3. The van der Waals surface area contributed by atoms with Crippen LogP contribution in [0.3, 0.4) is 0 Å². The van der Waals surface area contributed by atoms with Gasteiger partial charge in [0.1, 0.15) is 0 Å².